The van der Waals surface area contributed by atoms with Crippen molar-refractivity contribution < 1.29 is 9.90 Å². The maximum atomic E-state index is 12.1. The van der Waals surface area contributed by atoms with E-state index in [1.54, 1.807) is 11.1 Å². The van der Waals surface area contributed by atoms with Gasteiger partial charge in [0.05, 0.1) is 5.52 Å². The second-order valence-corrected chi connectivity index (χ2v) is 9.45. The molecule has 0 radical (unpaired) electrons. The van der Waals surface area contributed by atoms with E-state index in [-0.39, 0.29) is 18.1 Å². The molecular formula is C25H35N7O2. The number of rotatable bonds is 8. The molecule has 1 fully saturated rings. The van der Waals surface area contributed by atoms with Gasteiger partial charge in [-0.15, -0.1) is 0 Å². The third kappa shape index (κ3) is 5.24. The minimum Gasteiger partial charge on any atom is -0.465 e. The van der Waals surface area contributed by atoms with Crippen LogP contribution in [0.5, 0.6) is 0 Å². The summed E-state index contributed by atoms with van der Waals surface area (Å²) < 4.78 is 0. The molecule has 0 spiro atoms. The summed E-state index contributed by atoms with van der Waals surface area (Å²) >= 11 is 0. The third-order valence-corrected chi connectivity index (χ3v) is 6.87. The molecule has 9 heteroatoms. The van der Waals surface area contributed by atoms with E-state index in [1.807, 2.05) is 31.2 Å². The van der Waals surface area contributed by atoms with Crippen molar-refractivity contribution in [3.05, 3.63) is 36.2 Å². The number of pyridine rings is 2. The Bertz CT molecular complexity index is 1130. The van der Waals surface area contributed by atoms with E-state index in [0.717, 1.165) is 54.5 Å². The number of aryl methyl sites for hydroxylation is 1. The number of nitrogens with one attached hydrogen (secondary N) is 3. The molecule has 4 heterocycles. The summed E-state index contributed by atoms with van der Waals surface area (Å²) in [4.78, 5) is 23.2. The van der Waals surface area contributed by atoms with Crippen molar-refractivity contribution in [3.63, 3.8) is 0 Å². The summed E-state index contributed by atoms with van der Waals surface area (Å²) in [5.41, 5.74) is 1.80. The largest absolute Gasteiger partial charge is 0.465 e. The fraction of sp³-hybridized carbons (Fsp3) is 0.520. The van der Waals surface area contributed by atoms with Gasteiger partial charge in [0.1, 0.15) is 11.6 Å². The molecule has 3 aromatic heterocycles. The van der Waals surface area contributed by atoms with Gasteiger partial charge < -0.3 is 20.6 Å². The van der Waals surface area contributed by atoms with Crippen LogP contribution in [0.3, 0.4) is 0 Å². The fourth-order valence-electron chi connectivity index (χ4n) is 4.97. The van der Waals surface area contributed by atoms with Gasteiger partial charge in [-0.3, -0.25) is 10.1 Å². The second kappa shape index (κ2) is 10.3. The molecule has 0 saturated carbocycles. The molecule has 182 valence electrons. The Hall–Kier alpha value is -3.36. The molecule has 9 nitrogen and oxygen atoms in total. The minimum atomic E-state index is -0.813. The van der Waals surface area contributed by atoms with Gasteiger partial charge in [-0.25, -0.2) is 9.78 Å². The molecule has 0 aromatic carbocycles. The Morgan fingerprint density at radius 1 is 1.26 bits per heavy atom. The number of H-pyrrole nitrogens is 1. The van der Waals surface area contributed by atoms with Crippen molar-refractivity contribution in [2.24, 2.45) is 5.92 Å². The average Bonchev–Trinajstić information content (AvgIpc) is 3.22. The van der Waals surface area contributed by atoms with Crippen molar-refractivity contribution in [2.45, 2.75) is 77.9 Å². The standard InChI is InChI=1S/C25H35N7O2/c1-5-15(3)10-19-13-17(12-18(6-2)32(19)25(33)34)27-24-20-8-7-9-26-21(20)14-22(29-24)28-23-11-16(4)30-31-23/h7-9,11,14-15,17-19H,5-6,10,12-13H2,1-4H3,(H,33,34)(H3,27,28,29,30,31)/t15?,17-,18-,19+/m1/s1. The molecule has 1 saturated heterocycles. The average molecular weight is 466 g/mol. The number of hydrogen-bond donors (Lipinski definition) is 4. The molecule has 3 aromatic rings. The van der Waals surface area contributed by atoms with E-state index in [2.05, 4.69) is 46.6 Å². The Balaban J connectivity index is 1.63. The van der Waals surface area contributed by atoms with Crippen molar-refractivity contribution in [1.82, 2.24) is 25.1 Å². The number of carbonyl (C=O) groups is 1. The van der Waals surface area contributed by atoms with E-state index in [9.17, 15) is 9.90 Å². The van der Waals surface area contributed by atoms with Gasteiger partial charge in [0, 0.05) is 47.5 Å². The highest BCUT2D eigenvalue weighted by atomic mass is 16.4. The summed E-state index contributed by atoms with van der Waals surface area (Å²) in [5, 5.41) is 25.0. The second-order valence-electron chi connectivity index (χ2n) is 9.45. The number of nitrogens with zero attached hydrogens (tertiary/aromatic N) is 4. The maximum absolute atomic E-state index is 12.1. The minimum absolute atomic E-state index is 0.0126. The highest BCUT2D eigenvalue weighted by Crippen LogP contribution is 2.33. The topological polar surface area (TPSA) is 119 Å². The first-order chi connectivity index (χ1) is 16.4. The fourth-order valence-corrected chi connectivity index (χ4v) is 4.97. The first-order valence-electron chi connectivity index (χ1n) is 12.2. The molecule has 1 amide bonds. The van der Waals surface area contributed by atoms with Crippen molar-refractivity contribution in [2.75, 3.05) is 10.6 Å². The first-order valence-corrected chi connectivity index (χ1v) is 12.2. The normalized spacial score (nSPS) is 21.4. The Morgan fingerprint density at radius 2 is 2.06 bits per heavy atom. The van der Waals surface area contributed by atoms with Gasteiger partial charge in [0.25, 0.3) is 0 Å². The summed E-state index contributed by atoms with van der Waals surface area (Å²) in [6.45, 7) is 8.37. The van der Waals surface area contributed by atoms with Crippen LogP contribution >= 0.6 is 0 Å². The smallest absolute Gasteiger partial charge is 0.407 e. The lowest BCUT2D eigenvalue weighted by Crippen LogP contribution is -2.54. The molecule has 34 heavy (non-hydrogen) atoms. The van der Waals surface area contributed by atoms with E-state index >= 15 is 0 Å². The van der Waals surface area contributed by atoms with Crippen LogP contribution in [0.2, 0.25) is 0 Å². The van der Waals surface area contributed by atoms with Crippen LogP contribution in [-0.4, -0.2) is 54.4 Å². The van der Waals surface area contributed by atoms with Gasteiger partial charge in [0.2, 0.25) is 0 Å². The number of hydrogen-bond acceptors (Lipinski definition) is 6. The van der Waals surface area contributed by atoms with E-state index in [0.29, 0.717) is 17.6 Å². The molecule has 4 atom stereocenters. The zero-order valence-electron chi connectivity index (χ0n) is 20.4. The number of amides is 1. The summed E-state index contributed by atoms with van der Waals surface area (Å²) in [5.74, 6) is 2.58. The number of fused-ring (bicyclic) bond motifs is 1. The van der Waals surface area contributed by atoms with Crippen molar-refractivity contribution in [1.29, 1.82) is 0 Å². The quantitative estimate of drug-likeness (QED) is 0.345. The Labute approximate surface area is 200 Å². The number of aromatic nitrogens is 4. The molecular weight excluding hydrogens is 430 g/mol. The molecule has 0 bridgehead atoms. The van der Waals surface area contributed by atoms with Gasteiger partial charge in [-0.05, 0) is 50.7 Å². The lowest BCUT2D eigenvalue weighted by molar-refractivity contribution is 0.0565. The highest BCUT2D eigenvalue weighted by molar-refractivity contribution is 5.91. The number of piperidine rings is 1. The van der Waals surface area contributed by atoms with Gasteiger partial charge >= 0.3 is 6.09 Å². The monoisotopic (exact) mass is 465 g/mol. The van der Waals surface area contributed by atoms with E-state index in [4.69, 9.17) is 4.98 Å². The Morgan fingerprint density at radius 3 is 2.74 bits per heavy atom. The molecule has 4 N–H and O–H groups in total. The molecule has 1 aliphatic rings. The number of likely N-dealkylation sites (tertiary alicyclic amines) is 1. The Kier molecular flexibility index (Phi) is 7.19. The third-order valence-electron chi connectivity index (χ3n) is 6.87. The lowest BCUT2D eigenvalue weighted by atomic mass is 9.85. The number of aromatic amines is 1. The maximum Gasteiger partial charge on any atom is 0.407 e. The molecule has 1 aliphatic heterocycles. The number of carboxylic acid groups (broad SMARTS) is 1. The van der Waals surface area contributed by atoms with E-state index < -0.39 is 6.09 Å². The lowest BCUT2D eigenvalue weighted by Gasteiger charge is -2.44. The molecule has 0 aliphatic carbocycles. The predicted octanol–water partition coefficient (Wildman–Crippen LogP) is 5.54. The number of anilines is 3. The van der Waals surface area contributed by atoms with Crippen molar-refractivity contribution >= 4 is 34.4 Å². The van der Waals surface area contributed by atoms with Crippen LogP contribution in [0.4, 0.5) is 22.2 Å². The predicted molar refractivity (Wildman–Crippen MR) is 135 cm³/mol. The first kappa shape index (κ1) is 23.8. The van der Waals surface area contributed by atoms with Gasteiger partial charge in [0.15, 0.2) is 5.82 Å². The van der Waals surface area contributed by atoms with Crippen LogP contribution in [-0.2, 0) is 0 Å². The van der Waals surface area contributed by atoms with Crippen LogP contribution in [0, 0.1) is 12.8 Å². The SMILES string of the molecule is CCC(C)C[C@H]1C[C@H](Nc2nc(Nc3cc(C)[nH]n3)cc3ncccc23)C[C@@H](CC)N1C(=O)O. The summed E-state index contributed by atoms with van der Waals surface area (Å²) in [7, 11) is 0. The van der Waals surface area contributed by atoms with Crippen molar-refractivity contribution in [3.8, 4) is 0 Å². The van der Waals surface area contributed by atoms with Crippen LogP contribution in [0.25, 0.3) is 10.9 Å². The highest BCUT2D eigenvalue weighted by Gasteiger charge is 2.38. The van der Waals surface area contributed by atoms with Crippen LogP contribution in [0.1, 0.15) is 58.6 Å². The van der Waals surface area contributed by atoms with E-state index in [1.165, 1.54) is 0 Å². The van der Waals surface area contributed by atoms with Gasteiger partial charge in [-0.2, -0.15) is 5.10 Å². The summed E-state index contributed by atoms with van der Waals surface area (Å²) in [6, 6.07) is 7.85. The summed E-state index contributed by atoms with van der Waals surface area (Å²) in [6.07, 6.45) is 5.16. The zero-order valence-corrected chi connectivity index (χ0v) is 20.4. The molecule has 1 unspecified atom stereocenters. The zero-order chi connectivity index (χ0) is 24.2. The van der Waals surface area contributed by atoms with Crippen LogP contribution in [0.15, 0.2) is 30.5 Å². The van der Waals surface area contributed by atoms with Crippen LogP contribution < -0.4 is 10.6 Å². The molecule has 4 rings (SSSR count). The van der Waals surface area contributed by atoms with Gasteiger partial charge in [-0.1, -0.05) is 27.2 Å².